The van der Waals surface area contributed by atoms with Gasteiger partial charge in [0.1, 0.15) is 10.7 Å². The van der Waals surface area contributed by atoms with E-state index >= 15 is 0 Å². The first-order chi connectivity index (χ1) is 10.6. The van der Waals surface area contributed by atoms with Crippen LogP contribution in [0.2, 0.25) is 5.02 Å². The van der Waals surface area contributed by atoms with E-state index in [0.29, 0.717) is 16.4 Å². The quantitative estimate of drug-likeness (QED) is 0.774. The van der Waals surface area contributed by atoms with Gasteiger partial charge in [0.05, 0.1) is 0 Å². The molecular weight excluding hydrogens is 318 g/mol. The van der Waals surface area contributed by atoms with Gasteiger partial charge in [0.15, 0.2) is 0 Å². The van der Waals surface area contributed by atoms with Crippen LogP contribution in [-0.4, -0.2) is 15.9 Å². The van der Waals surface area contributed by atoms with Crippen LogP contribution in [0.4, 0.5) is 5.69 Å². The smallest absolute Gasteiger partial charge is 0.275 e. The summed E-state index contributed by atoms with van der Waals surface area (Å²) in [7, 11) is 0. The summed E-state index contributed by atoms with van der Waals surface area (Å²) in [5.74, 6) is -0.253. The largest absolute Gasteiger partial charge is 0.321 e. The van der Waals surface area contributed by atoms with Crippen LogP contribution in [0.1, 0.15) is 16.1 Å². The van der Waals surface area contributed by atoms with Crippen molar-refractivity contribution in [3.63, 3.8) is 0 Å². The molecule has 0 aliphatic heterocycles. The molecule has 0 atom stereocenters. The van der Waals surface area contributed by atoms with Gasteiger partial charge in [-0.3, -0.25) is 9.78 Å². The minimum Gasteiger partial charge on any atom is -0.321 e. The molecule has 0 aliphatic carbocycles. The number of carbonyl (C=O) groups is 1. The zero-order valence-corrected chi connectivity index (χ0v) is 13.3. The number of hydrogen-bond donors (Lipinski definition) is 1. The zero-order valence-electron chi connectivity index (χ0n) is 11.7. The standard InChI is InChI=1S/C16H12ClN3OS/c1-10-2-3-12(8-13(10)17)19-15(21)14-9-22-16(20-14)11-4-6-18-7-5-11/h2-9H,1H3,(H,19,21). The Morgan fingerprint density at radius 1 is 1.23 bits per heavy atom. The maximum absolute atomic E-state index is 12.2. The minimum absolute atomic E-state index is 0.253. The molecule has 0 fully saturated rings. The van der Waals surface area contributed by atoms with E-state index in [-0.39, 0.29) is 5.91 Å². The second kappa shape index (κ2) is 6.25. The van der Waals surface area contributed by atoms with Crippen LogP contribution < -0.4 is 5.32 Å². The summed E-state index contributed by atoms with van der Waals surface area (Å²) >= 11 is 7.48. The van der Waals surface area contributed by atoms with Gasteiger partial charge in [-0.1, -0.05) is 17.7 Å². The summed E-state index contributed by atoms with van der Waals surface area (Å²) in [6.07, 6.45) is 3.40. The van der Waals surface area contributed by atoms with Crippen molar-refractivity contribution in [3.05, 3.63) is 64.4 Å². The van der Waals surface area contributed by atoms with Crippen molar-refractivity contribution in [2.75, 3.05) is 5.32 Å². The van der Waals surface area contributed by atoms with E-state index in [2.05, 4.69) is 15.3 Å². The van der Waals surface area contributed by atoms with E-state index in [0.717, 1.165) is 16.1 Å². The molecular formula is C16H12ClN3OS. The topological polar surface area (TPSA) is 54.9 Å². The third-order valence-corrected chi connectivity index (χ3v) is 4.39. The van der Waals surface area contributed by atoms with Gasteiger partial charge in [0.25, 0.3) is 5.91 Å². The molecule has 0 radical (unpaired) electrons. The van der Waals surface area contributed by atoms with Crippen molar-refractivity contribution in [2.45, 2.75) is 6.92 Å². The van der Waals surface area contributed by atoms with E-state index in [1.807, 2.05) is 31.2 Å². The molecule has 4 nitrogen and oxygen atoms in total. The molecule has 1 N–H and O–H groups in total. The number of rotatable bonds is 3. The van der Waals surface area contributed by atoms with Crippen LogP contribution in [0.25, 0.3) is 10.6 Å². The van der Waals surface area contributed by atoms with Crippen molar-refractivity contribution < 1.29 is 4.79 Å². The van der Waals surface area contributed by atoms with Gasteiger partial charge >= 0.3 is 0 Å². The fraction of sp³-hybridized carbons (Fsp3) is 0.0625. The molecule has 1 aromatic carbocycles. The Kier molecular flexibility index (Phi) is 4.18. The van der Waals surface area contributed by atoms with Crippen LogP contribution in [0.15, 0.2) is 48.1 Å². The van der Waals surface area contributed by atoms with Crippen LogP contribution in [0.3, 0.4) is 0 Å². The second-order valence-electron chi connectivity index (χ2n) is 4.69. The highest BCUT2D eigenvalue weighted by atomic mass is 35.5. The highest BCUT2D eigenvalue weighted by molar-refractivity contribution is 7.13. The fourth-order valence-electron chi connectivity index (χ4n) is 1.87. The molecule has 3 aromatic rings. The number of nitrogens with zero attached hydrogens (tertiary/aromatic N) is 2. The number of amides is 1. The second-order valence-corrected chi connectivity index (χ2v) is 5.96. The summed E-state index contributed by atoms with van der Waals surface area (Å²) in [5.41, 5.74) is 2.94. The molecule has 0 saturated carbocycles. The Labute approximate surface area is 136 Å². The van der Waals surface area contributed by atoms with E-state index in [1.54, 1.807) is 23.8 Å². The van der Waals surface area contributed by atoms with Gasteiger partial charge in [-0.05, 0) is 36.8 Å². The lowest BCUT2D eigenvalue weighted by atomic mass is 10.2. The van der Waals surface area contributed by atoms with Crippen LogP contribution in [0.5, 0.6) is 0 Å². The van der Waals surface area contributed by atoms with Gasteiger partial charge in [-0.25, -0.2) is 4.98 Å². The predicted octanol–water partition coefficient (Wildman–Crippen LogP) is 4.42. The van der Waals surface area contributed by atoms with Crippen LogP contribution in [0, 0.1) is 6.92 Å². The van der Waals surface area contributed by atoms with Gasteiger partial charge in [-0.2, -0.15) is 0 Å². The average Bonchev–Trinajstić information content (AvgIpc) is 3.02. The minimum atomic E-state index is -0.253. The third kappa shape index (κ3) is 3.16. The number of hydrogen-bond acceptors (Lipinski definition) is 4. The molecule has 2 heterocycles. The first-order valence-corrected chi connectivity index (χ1v) is 7.82. The number of anilines is 1. The molecule has 2 aromatic heterocycles. The van der Waals surface area contributed by atoms with Crippen molar-refractivity contribution >= 4 is 34.5 Å². The Balaban J connectivity index is 1.78. The highest BCUT2D eigenvalue weighted by Gasteiger charge is 2.12. The number of carbonyl (C=O) groups excluding carboxylic acids is 1. The Bertz CT molecular complexity index is 817. The van der Waals surface area contributed by atoms with E-state index in [9.17, 15) is 4.79 Å². The number of halogens is 1. The van der Waals surface area contributed by atoms with Crippen LogP contribution in [-0.2, 0) is 0 Å². The SMILES string of the molecule is Cc1ccc(NC(=O)c2csc(-c3ccncc3)n2)cc1Cl. The summed E-state index contributed by atoms with van der Waals surface area (Å²) in [4.78, 5) is 20.6. The molecule has 6 heteroatoms. The van der Waals surface area contributed by atoms with Crippen molar-refractivity contribution in [2.24, 2.45) is 0 Å². The highest BCUT2D eigenvalue weighted by Crippen LogP contribution is 2.24. The summed E-state index contributed by atoms with van der Waals surface area (Å²) < 4.78 is 0. The van der Waals surface area contributed by atoms with Gasteiger partial charge < -0.3 is 5.32 Å². The lowest BCUT2D eigenvalue weighted by molar-refractivity contribution is 0.102. The predicted molar refractivity (Wildman–Crippen MR) is 89.5 cm³/mol. The number of nitrogens with one attached hydrogen (secondary N) is 1. The zero-order chi connectivity index (χ0) is 15.5. The summed E-state index contributed by atoms with van der Waals surface area (Å²) in [6, 6.07) is 9.13. The Morgan fingerprint density at radius 3 is 2.73 bits per heavy atom. The van der Waals surface area contributed by atoms with Gasteiger partial charge in [0, 0.05) is 34.0 Å². The molecule has 0 saturated heterocycles. The number of aryl methyl sites for hydroxylation is 1. The molecule has 0 unspecified atom stereocenters. The summed E-state index contributed by atoms with van der Waals surface area (Å²) in [6.45, 7) is 1.91. The maximum Gasteiger partial charge on any atom is 0.275 e. The lowest BCUT2D eigenvalue weighted by Gasteiger charge is -2.05. The Hall–Kier alpha value is -2.24. The normalized spacial score (nSPS) is 10.5. The van der Waals surface area contributed by atoms with E-state index in [4.69, 9.17) is 11.6 Å². The first-order valence-electron chi connectivity index (χ1n) is 6.57. The van der Waals surface area contributed by atoms with Crippen molar-refractivity contribution in [1.29, 1.82) is 0 Å². The van der Waals surface area contributed by atoms with Gasteiger partial charge in [-0.15, -0.1) is 11.3 Å². The average molecular weight is 330 g/mol. The summed E-state index contributed by atoms with van der Waals surface area (Å²) in [5, 5.41) is 5.94. The fourth-order valence-corrected chi connectivity index (χ4v) is 2.86. The molecule has 1 amide bonds. The Morgan fingerprint density at radius 2 is 2.00 bits per heavy atom. The monoisotopic (exact) mass is 329 g/mol. The van der Waals surface area contributed by atoms with E-state index < -0.39 is 0 Å². The van der Waals surface area contributed by atoms with Crippen LogP contribution >= 0.6 is 22.9 Å². The van der Waals surface area contributed by atoms with Crippen molar-refractivity contribution in [3.8, 4) is 10.6 Å². The van der Waals surface area contributed by atoms with E-state index in [1.165, 1.54) is 11.3 Å². The number of thiazole rings is 1. The number of benzene rings is 1. The molecule has 110 valence electrons. The number of pyridine rings is 1. The molecule has 0 bridgehead atoms. The molecule has 22 heavy (non-hydrogen) atoms. The van der Waals surface area contributed by atoms with Gasteiger partial charge in [0.2, 0.25) is 0 Å². The molecule has 0 spiro atoms. The first kappa shape index (κ1) is 14.7. The molecule has 3 rings (SSSR count). The maximum atomic E-state index is 12.2. The lowest BCUT2D eigenvalue weighted by Crippen LogP contribution is -2.12. The number of aromatic nitrogens is 2. The molecule has 0 aliphatic rings. The third-order valence-electron chi connectivity index (χ3n) is 3.09. The van der Waals surface area contributed by atoms with Crippen molar-refractivity contribution in [1.82, 2.24) is 9.97 Å².